The summed E-state index contributed by atoms with van der Waals surface area (Å²) in [6.45, 7) is 16.1. The van der Waals surface area contributed by atoms with E-state index in [1.54, 1.807) is 83.3 Å². The van der Waals surface area contributed by atoms with Gasteiger partial charge in [-0.15, -0.1) is 5.10 Å². The van der Waals surface area contributed by atoms with E-state index in [1.165, 1.54) is 49.5 Å². The first-order valence-electron chi connectivity index (χ1n) is 48.4. The molecular weight excluding hydrogens is 1760 g/mol. The number of amides is 7. The Morgan fingerprint density at radius 2 is 1.29 bits per heavy atom. The second-order valence-corrected chi connectivity index (χ2v) is 38.2. The smallest absolute Gasteiger partial charge is 0.248 e. The van der Waals surface area contributed by atoms with E-state index in [0.29, 0.717) is 125 Å². The molecule has 35 heteroatoms. The van der Waals surface area contributed by atoms with Crippen LogP contribution in [0.25, 0.3) is 21.8 Å². The van der Waals surface area contributed by atoms with Gasteiger partial charge < -0.3 is 81.7 Å². The average molecular weight is 1900 g/mol. The summed E-state index contributed by atoms with van der Waals surface area (Å²) in [6.07, 6.45) is 14.3. The molecule has 734 valence electrons. The molecule has 5 aliphatic rings. The third-order valence-corrected chi connectivity index (χ3v) is 28.9. The Balaban J connectivity index is 0.000000231. The number of β-amino-alcohol motifs (C(OH)–C–C–N with tert-alkyl or cyclic N) is 2. The normalized spacial score (nSPS) is 21.3. The van der Waals surface area contributed by atoms with E-state index in [2.05, 4.69) is 76.6 Å². The zero-order valence-corrected chi connectivity index (χ0v) is 80.7. The number of carbonyl (C=O) groups is 8. The Kier molecular flexibility index (Phi) is 36.9. The molecule has 10 N–H and O–H groups in total. The molecular formula is C101H137F2N19O13S. The van der Waals surface area contributed by atoms with Gasteiger partial charge in [0, 0.05) is 149 Å². The maximum Gasteiger partial charge on any atom is 0.248 e. The number of carbonyl (C=O) groups excluding carboxylic acids is 8. The summed E-state index contributed by atoms with van der Waals surface area (Å²) in [4.78, 5) is 123. The van der Waals surface area contributed by atoms with Crippen molar-refractivity contribution >= 4 is 86.4 Å². The number of Topliss-reactive ketones (excluding diaryl/α,β-unsaturated/α-hetero) is 1. The fourth-order valence-corrected chi connectivity index (χ4v) is 20.3. The number of ketones is 1. The zero-order valence-electron chi connectivity index (χ0n) is 79.9. The van der Waals surface area contributed by atoms with Gasteiger partial charge in [-0.25, -0.2) is 18.4 Å². The summed E-state index contributed by atoms with van der Waals surface area (Å²) >= 11 is 1.52. The van der Waals surface area contributed by atoms with Gasteiger partial charge in [0.2, 0.25) is 41.4 Å². The van der Waals surface area contributed by atoms with Crippen molar-refractivity contribution in [1.29, 1.82) is 0 Å². The van der Waals surface area contributed by atoms with E-state index < -0.39 is 72.1 Å². The number of aromatic nitrogens is 8. The molecule has 0 bridgehead atoms. The summed E-state index contributed by atoms with van der Waals surface area (Å²) in [5, 5.41) is 56.4. The number of nitrogens with zero attached hydrogens (tertiary/aromatic N) is 12. The molecule has 0 spiro atoms. The molecule has 9 aromatic rings. The first-order valence-corrected chi connectivity index (χ1v) is 49.2. The van der Waals surface area contributed by atoms with Crippen LogP contribution in [-0.4, -0.2) is 262 Å². The van der Waals surface area contributed by atoms with Gasteiger partial charge in [0.05, 0.1) is 90.8 Å². The Bertz CT molecular complexity index is 5420. The summed E-state index contributed by atoms with van der Waals surface area (Å²) in [6, 6.07) is 34.8. The second-order valence-electron chi connectivity index (χ2n) is 37.2. The van der Waals surface area contributed by atoms with Crippen LogP contribution in [0.1, 0.15) is 180 Å². The minimum absolute atomic E-state index is 0.0270. The van der Waals surface area contributed by atoms with Gasteiger partial charge in [0.1, 0.15) is 47.6 Å². The number of aliphatic hydroxyl groups excluding tert-OH is 2. The molecule has 1 unspecified atom stereocenters. The van der Waals surface area contributed by atoms with Crippen LogP contribution in [0.4, 0.5) is 14.5 Å². The van der Waals surface area contributed by atoms with E-state index in [4.69, 9.17) is 19.9 Å². The van der Waals surface area contributed by atoms with Crippen molar-refractivity contribution in [2.75, 3.05) is 72.5 Å². The predicted molar refractivity (Wildman–Crippen MR) is 515 cm³/mol. The number of fused-ring (bicyclic) bond motifs is 3. The molecule has 5 fully saturated rings. The van der Waals surface area contributed by atoms with Crippen molar-refractivity contribution in [3.8, 4) is 0 Å². The lowest BCUT2D eigenvalue weighted by molar-refractivity contribution is -0.143. The summed E-state index contributed by atoms with van der Waals surface area (Å²) < 4.78 is 54.1. The minimum Gasteiger partial charge on any atom is -0.391 e. The zero-order chi connectivity index (χ0) is 96.8. The number of rotatable bonds is 45. The third kappa shape index (κ3) is 25.7. The van der Waals surface area contributed by atoms with Crippen molar-refractivity contribution < 1.29 is 71.6 Å². The van der Waals surface area contributed by atoms with Crippen LogP contribution in [0, 0.1) is 35.3 Å². The standard InChI is InChI=1S/C53H70N12O5S.C48H67F2N7O8/c1-5-35(3)49(66)58-46(51(68)63-28-16-21-43(63)32-64-53(56-34-57-64)71-44-22-14-9-15-23-44)36(4)70-33-40-31-62(61-60-40)30-39-24-25-41-26-27-42(65(41)52(69)48(39)59-50(67)45(54)6-2)29-55-47(37-17-10-7-11-18-37)38-19-12-8-13-20-38;1-7-29(2)46(61)53-41(16-18-65-6)48(63)55-27-38(59)23-36(55)24-52-42-28-57(44-21-34(50)12-15-40(42)44)56-25-32(39-14-11-33(49)20-43(39)56)10-13-35-22-37(58)26-54(35)47(62)31(9-8-17-64-5)19-45(60)30(3)51-4/h7-15,17-20,22-23,31,34-36,39,41-43,45-48,55H,5-6,16,21,24-30,32-33,54H2,1-4H3,(H,58,66)(H,59,67);11-12,14-15,20-21,25,28-31,35-38,41,51-52,58-59H,7-10,13,16-19,22-24,26-27H2,1-6H3,(H,53,61)/t35-,36-,39-,41+,42+,43+,45+,46+,48?;29-,30+,31-,35-,36+,37+,38+,41+/m11/s1. The van der Waals surface area contributed by atoms with E-state index in [-0.39, 0.29) is 141 Å². The topological polar surface area (TPSA) is 387 Å². The first-order chi connectivity index (χ1) is 65.7. The van der Waals surface area contributed by atoms with Crippen molar-refractivity contribution in [3.63, 3.8) is 0 Å². The number of likely N-dealkylation sites (tertiary alicyclic amines) is 3. The Morgan fingerprint density at radius 1 is 0.654 bits per heavy atom. The van der Waals surface area contributed by atoms with Gasteiger partial charge in [-0.2, -0.15) is 5.10 Å². The Hall–Kier alpha value is -10.9. The number of aliphatic hydroxyl groups is 2. The van der Waals surface area contributed by atoms with Gasteiger partial charge in [-0.05, 0) is 177 Å². The fraction of sp³-hybridized carbons (Fsp3) is 0.545. The number of ether oxygens (including phenoxy) is 3. The summed E-state index contributed by atoms with van der Waals surface area (Å²) in [5.41, 5.74) is 11.6. The van der Waals surface area contributed by atoms with Crippen LogP contribution >= 0.6 is 11.8 Å². The summed E-state index contributed by atoms with van der Waals surface area (Å²) in [7, 11) is 4.83. The van der Waals surface area contributed by atoms with Crippen molar-refractivity contribution in [3.05, 3.63) is 186 Å². The number of halogens is 2. The lowest BCUT2D eigenvalue weighted by atomic mass is 9.92. The van der Waals surface area contributed by atoms with Gasteiger partial charge in [-0.3, -0.25) is 52.4 Å². The highest BCUT2D eigenvalue weighted by Gasteiger charge is 2.48. The van der Waals surface area contributed by atoms with Gasteiger partial charge in [-0.1, -0.05) is 130 Å². The number of anilines is 1. The quantitative estimate of drug-likeness (QED) is 0.0160. The lowest BCUT2D eigenvalue weighted by Gasteiger charge is -2.34. The number of likely N-dealkylation sites (N-methyl/N-ethyl adjacent to an activating group) is 1. The first kappa shape index (κ1) is 103. The molecule has 32 nitrogen and oxygen atoms in total. The molecule has 5 aromatic carbocycles. The van der Waals surface area contributed by atoms with Gasteiger partial charge >= 0.3 is 0 Å². The molecule has 0 saturated carbocycles. The number of hydrogen-bond acceptors (Lipinski definition) is 22. The molecule has 0 radical (unpaired) electrons. The molecule has 136 heavy (non-hydrogen) atoms. The molecule has 0 aliphatic carbocycles. The van der Waals surface area contributed by atoms with Crippen LogP contribution in [0.15, 0.2) is 162 Å². The Labute approximate surface area is 799 Å². The maximum atomic E-state index is 15.1. The fourth-order valence-electron chi connectivity index (χ4n) is 19.5. The second kappa shape index (κ2) is 48.9. The van der Waals surface area contributed by atoms with Crippen molar-refractivity contribution in [1.82, 2.24) is 85.3 Å². The van der Waals surface area contributed by atoms with Crippen molar-refractivity contribution in [2.24, 2.45) is 29.4 Å². The number of benzene rings is 5. The van der Waals surface area contributed by atoms with E-state index in [1.807, 2.05) is 115 Å². The van der Waals surface area contributed by atoms with E-state index in [0.717, 1.165) is 64.2 Å². The van der Waals surface area contributed by atoms with Crippen LogP contribution in [-0.2, 0) is 78.7 Å². The van der Waals surface area contributed by atoms with Crippen molar-refractivity contribution in [2.45, 2.75) is 272 Å². The van der Waals surface area contributed by atoms with Crippen LogP contribution in [0.5, 0.6) is 0 Å². The number of methoxy groups -OCH3 is 2. The molecule has 5 aliphatic heterocycles. The Morgan fingerprint density at radius 3 is 1.95 bits per heavy atom. The highest BCUT2D eigenvalue weighted by molar-refractivity contribution is 7.99. The maximum absolute atomic E-state index is 15.1. The molecule has 5 saturated heterocycles. The van der Waals surface area contributed by atoms with Crippen LogP contribution in [0.2, 0.25) is 0 Å². The number of aryl methyl sites for hydroxylation is 1. The molecule has 14 rings (SSSR count). The number of hydrogen-bond donors (Lipinski definition) is 9. The molecule has 4 aromatic heterocycles. The number of nitrogens with one attached hydrogen (secondary N) is 6. The third-order valence-electron chi connectivity index (χ3n) is 27.9. The lowest BCUT2D eigenvalue weighted by Crippen LogP contribution is -2.57. The molecule has 7 amide bonds. The SMILES string of the molecule is CC[C@@H](C)C(=O)N[C@@H](CCOC)C(=O)N1C[C@@H](O)C[C@H]1CNc1cn(-n2cc(CC[C@@H]3C[C@H](O)CN3C(=O)[C@H](CCCOC)CC(=O)[C@H](C)NC)c3ccc(F)cc32)c2cc(F)ccc12.CC[C@@H](C)C(=O)N[C@H](C(=O)N1CCC[C@H]1Cn1ncnc1Sc1ccccc1)[C@@H](C)OCc1cn(C[C@H]2CC[C@H]3CC[C@@H](CNC(c4ccccc4)c4ccccc4)N3C(=O)C2NC(=O)[C@@H](N)CC)nn1. The monoisotopic (exact) mass is 1890 g/mol. The molecule has 17 atom stereocenters. The largest absolute Gasteiger partial charge is 0.391 e. The van der Waals surface area contributed by atoms with E-state index >= 15 is 8.78 Å². The van der Waals surface area contributed by atoms with Crippen LogP contribution in [0.3, 0.4) is 0 Å². The van der Waals surface area contributed by atoms with E-state index in [9.17, 15) is 48.6 Å². The number of nitrogens with two attached hydrogens (primary N) is 1. The predicted octanol–water partition coefficient (Wildman–Crippen LogP) is 10.1. The van der Waals surface area contributed by atoms with Gasteiger partial charge in [0.25, 0.3) is 0 Å². The minimum atomic E-state index is -0.951. The van der Waals surface area contributed by atoms with Gasteiger partial charge in [0.15, 0.2) is 5.16 Å². The average Bonchev–Trinajstić information content (AvgIpc) is 1.59. The van der Waals surface area contributed by atoms with Crippen LogP contribution < -0.4 is 37.6 Å². The highest BCUT2D eigenvalue weighted by atomic mass is 32.2. The molecule has 9 heterocycles. The highest BCUT2D eigenvalue weighted by Crippen LogP contribution is 2.39. The summed E-state index contributed by atoms with van der Waals surface area (Å²) in [5.74, 6) is -4.01.